The predicted octanol–water partition coefficient (Wildman–Crippen LogP) is 2.33. The number of nitrogens with one attached hydrogen (secondary N) is 1. The zero-order valence-electron chi connectivity index (χ0n) is 13.0. The summed E-state index contributed by atoms with van der Waals surface area (Å²) in [7, 11) is 0. The van der Waals surface area contributed by atoms with Crippen LogP contribution in [-0.2, 0) is 17.8 Å². The molecule has 1 atom stereocenters. The van der Waals surface area contributed by atoms with E-state index in [9.17, 15) is 4.79 Å². The van der Waals surface area contributed by atoms with Crippen molar-refractivity contribution in [2.24, 2.45) is 5.92 Å². The van der Waals surface area contributed by atoms with Crippen LogP contribution in [0.4, 0.5) is 0 Å². The molecule has 1 aromatic carbocycles. The molecule has 5 nitrogen and oxygen atoms in total. The van der Waals surface area contributed by atoms with Gasteiger partial charge in [0.05, 0.1) is 12.1 Å². The number of ether oxygens (including phenoxy) is 1. The van der Waals surface area contributed by atoms with E-state index in [1.165, 1.54) is 0 Å². The molecule has 0 saturated carbocycles. The Labute approximate surface area is 130 Å². The molecular formula is C17H21N3O2. The summed E-state index contributed by atoms with van der Waals surface area (Å²) in [6, 6.07) is 8.22. The molecule has 2 heterocycles. The first-order chi connectivity index (χ1) is 10.6. The van der Waals surface area contributed by atoms with Crippen LogP contribution in [0.3, 0.4) is 0 Å². The van der Waals surface area contributed by atoms with Gasteiger partial charge in [-0.05, 0) is 31.9 Å². The van der Waals surface area contributed by atoms with Crippen molar-refractivity contribution in [1.29, 1.82) is 0 Å². The van der Waals surface area contributed by atoms with Crippen LogP contribution in [0.5, 0.6) is 5.75 Å². The second-order valence-electron chi connectivity index (χ2n) is 5.96. The normalized spacial score (nSPS) is 17.0. The maximum atomic E-state index is 12.3. The number of rotatable bonds is 4. The third-order valence-electron chi connectivity index (χ3n) is 3.90. The largest absolute Gasteiger partial charge is 0.492 e. The minimum atomic E-state index is -0.130. The molecule has 22 heavy (non-hydrogen) atoms. The third kappa shape index (κ3) is 3.13. The number of fused-ring (bicyclic) bond motifs is 1. The first-order valence-corrected chi connectivity index (χ1v) is 7.65. The zero-order chi connectivity index (χ0) is 15.5. The van der Waals surface area contributed by atoms with Crippen LogP contribution >= 0.6 is 0 Å². The number of carbonyl (C=O) groups excluding carboxylic acids is 1. The highest BCUT2D eigenvalue weighted by molar-refractivity contribution is 5.79. The monoisotopic (exact) mass is 299 g/mol. The lowest BCUT2D eigenvalue weighted by molar-refractivity contribution is -0.126. The number of para-hydroxylation sites is 1. The summed E-state index contributed by atoms with van der Waals surface area (Å²) in [6.45, 7) is 5.09. The fraction of sp³-hybridized carbons (Fsp3) is 0.412. The Hall–Kier alpha value is -2.30. The van der Waals surface area contributed by atoms with Crippen LogP contribution in [0, 0.1) is 5.92 Å². The molecule has 1 aliphatic heterocycles. The quantitative estimate of drug-likeness (QED) is 0.942. The van der Waals surface area contributed by atoms with Crippen molar-refractivity contribution in [2.45, 2.75) is 32.9 Å². The maximum absolute atomic E-state index is 12.3. The molecule has 1 aliphatic rings. The zero-order valence-corrected chi connectivity index (χ0v) is 13.0. The van der Waals surface area contributed by atoms with Gasteiger partial charge >= 0.3 is 0 Å². The van der Waals surface area contributed by atoms with E-state index in [0.29, 0.717) is 19.2 Å². The van der Waals surface area contributed by atoms with Crippen LogP contribution in [0.25, 0.3) is 0 Å². The highest BCUT2D eigenvalue weighted by atomic mass is 16.5. The molecule has 0 bridgehead atoms. The molecule has 1 amide bonds. The number of nitrogens with zero attached hydrogens (tertiary/aromatic N) is 2. The van der Waals surface area contributed by atoms with Crippen molar-refractivity contribution in [3.8, 4) is 5.75 Å². The first kappa shape index (κ1) is 14.6. The molecule has 3 rings (SSSR count). The number of amides is 1. The summed E-state index contributed by atoms with van der Waals surface area (Å²) in [5.41, 5.74) is 2.11. The minimum absolute atomic E-state index is 0.0341. The summed E-state index contributed by atoms with van der Waals surface area (Å²) >= 11 is 0. The second-order valence-corrected chi connectivity index (χ2v) is 5.96. The van der Waals surface area contributed by atoms with Crippen molar-refractivity contribution in [1.82, 2.24) is 15.1 Å². The lowest BCUT2D eigenvalue weighted by Gasteiger charge is -2.24. The lowest BCUT2D eigenvalue weighted by atomic mass is 9.96. The summed E-state index contributed by atoms with van der Waals surface area (Å²) in [4.78, 5) is 12.3. The third-order valence-corrected chi connectivity index (χ3v) is 3.90. The standard InChI is InChI=1S/C17H21N3O2/c1-12(2)20-10-13(9-19-20)8-18-17(21)15-7-14-5-3-4-6-16(14)22-11-15/h3-6,9-10,12,15H,7-8,11H2,1-2H3,(H,18,21)/t15-/m0/s1. The van der Waals surface area contributed by atoms with Crippen molar-refractivity contribution >= 4 is 5.91 Å². The topological polar surface area (TPSA) is 56.2 Å². The molecule has 0 spiro atoms. The Morgan fingerprint density at radius 2 is 2.27 bits per heavy atom. The van der Waals surface area contributed by atoms with Gasteiger partial charge in [-0.1, -0.05) is 18.2 Å². The Bertz CT molecular complexity index is 663. The number of hydrogen-bond acceptors (Lipinski definition) is 3. The Morgan fingerprint density at radius 1 is 1.45 bits per heavy atom. The van der Waals surface area contributed by atoms with Gasteiger partial charge in [0, 0.05) is 24.3 Å². The molecule has 0 radical (unpaired) electrons. The van der Waals surface area contributed by atoms with E-state index >= 15 is 0 Å². The van der Waals surface area contributed by atoms with E-state index in [1.807, 2.05) is 35.1 Å². The van der Waals surface area contributed by atoms with Crippen molar-refractivity contribution in [3.05, 3.63) is 47.8 Å². The number of aromatic nitrogens is 2. The molecule has 116 valence electrons. The van der Waals surface area contributed by atoms with E-state index in [1.54, 1.807) is 6.20 Å². The molecule has 0 aliphatic carbocycles. The van der Waals surface area contributed by atoms with Crippen molar-refractivity contribution in [3.63, 3.8) is 0 Å². The molecule has 1 aromatic heterocycles. The molecule has 0 fully saturated rings. The highest BCUT2D eigenvalue weighted by Gasteiger charge is 2.25. The molecule has 5 heteroatoms. The molecule has 1 N–H and O–H groups in total. The number of hydrogen-bond donors (Lipinski definition) is 1. The van der Waals surface area contributed by atoms with Gasteiger partial charge in [-0.25, -0.2) is 0 Å². The van der Waals surface area contributed by atoms with Crippen LogP contribution in [0.1, 0.15) is 31.0 Å². The Kier molecular flexibility index (Phi) is 4.13. The summed E-state index contributed by atoms with van der Waals surface area (Å²) < 4.78 is 7.56. The highest BCUT2D eigenvalue weighted by Crippen LogP contribution is 2.26. The fourth-order valence-electron chi connectivity index (χ4n) is 2.58. The second kappa shape index (κ2) is 6.22. The molecule has 0 unspecified atom stereocenters. The summed E-state index contributed by atoms with van der Waals surface area (Å²) in [6.07, 6.45) is 4.50. The van der Waals surface area contributed by atoms with E-state index < -0.39 is 0 Å². The number of benzene rings is 1. The van der Waals surface area contributed by atoms with Gasteiger partial charge in [0.15, 0.2) is 0 Å². The Balaban J connectivity index is 1.56. The summed E-state index contributed by atoms with van der Waals surface area (Å²) in [5.74, 6) is 0.798. The summed E-state index contributed by atoms with van der Waals surface area (Å²) in [5, 5.41) is 7.26. The molecular weight excluding hydrogens is 278 g/mol. The smallest absolute Gasteiger partial charge is 0.227 e. The van der Waals surface area contributed by atoms with Crippen molar-refractivity contribution < 1.29 is 9.53 Å². The van der Waals surface area contributed by atoms with E-state index in [-0.39, 0.29) is 11.8 Å². The van der Waals surface area contributed by atoms with Gasteiger partial charge in [-0.3, -0.25) is 9.48 Å². The Morgan fingerprint density at radius 3 is 3.05 bits per heavy atom. The van der Waals surface area contributed by atoms with Crippen LogP contribution in [0.15, 0.2) is 36.7 Å². The van der Waals surface area contributed by atoms with Crippen LogP contribution < -0.4 is 10.1 Å². The maximum Gasteiger partial charge on any atom is 0.227 e. The van der Waals surface area contributed by atoms with E-state index in [4.69, 9.17) is 4.74 Å². The van der Waals surface area contributed by atoms with Crippen LogP contribution in [-0.4, -0.2) is 22.3 Å². The number of carbonyl (C=O) groups is 1. The molecule has 2 aromatic rings. The van der Waals surface area contributed by atoms with Gasteiger partial charge in [0.1, 0.15) is 12.4 Å². The van der Waals surface area contributed by atoms with Crippen molar-refractivity contribution in [2.75, 3.05) is 6.61 Å². The minimum Gasteiger partial charge on any atom is -0.492 e. The van der Waals surface area contributed by atoms with Gasteiger partial charge < -0.3 is 10.1 Å². The predicted molar refractivity (Wildman–Crippen MR) is 83.6 cm³/mol. The first-order valence-electron chi connectivity index (χ1n) is 7.65. The fourth-order valence-corrected chi connectivity index (χ4v) is 2.58. The van der Waals surface area contributed by atoms with Gasteiger partial charge in [-0.15, -0.1) is 0 Å². The SMILES string of the molecule is CC(C)n1cc(CNC(=O)[C@@H]2COc3ccccc3C2)cn1. The van der Waals surface area contributed by atoms with Gasteiger partial charge in [0.2, 0.25) is 5.91 Å². The molecule has 0 saturated heterocycles. The average Bonchev–Trinajstić information content (AvgIpc) is 3.01. The average molecular weight is 299 g/mol. The van der Waals surface area contributed by atoms with E-state index in [0.717, 1.165) is 23.3 Å². The van der Waals surface area contributed by atoms with Gasteiger partial charge in [0.25, 0.3) is 0 Å². The lowest BCUT2D eigenvalue weighted by Crippen LogP contribution is -2.36. The van der Waals surface area contributed by atoms with E-state index in [2.05, 4.69) is 24.3 Å². The van der Waals surface area contributed by atoms with Crippen LogP contribution in [0.2, 0.25) is 0 Å². The van der Waals surface area contributed by atoms with Gasteiger partial charge in [-0.2, -0.15) is 5.10 Å².